The van der Waals surface area contributed by atoms with E-state index in [0.717, 1.165) is 24.8 Å². The molecule has 1 aromatic heterocycles. The molecule has 1 atom stereocenters. The number of nitro benzene ring substituents is 1. The molecule has 8 heteroatoms. The van der Waals surface area contributed by atoms with Crippen LogP contribution in [0.25, 0.3) is 0 Å². The molecule has 0 bridgehead atoms. The SMILES string of the molecule is CC(C)(C)[C@@H]1CCc2c(sc(N=Cc3cc(Br)c(O)c([N+](=O)[O-])c3)c2C#N)C1. The van der Waals surface area contributed by atoms with Gasteiger partial charge < -0.3 is 5.11 Å². The number of halogens is 1. The molecule has 1 aliphatic carbocycles. The third kappa shape index (κ3) is 3.96. The highest BCUT2D eigenvalue weighted by atomic mass is 79.9. The molecule has 0 spiro atoms. The Bertz CT molecular complexity index is 1020. The van der Waals surface area contributed by atoms with Crippen LogP contribution in [0.15, 0.2) is 21.6 Å². The molecule has 0 aliphatic heterocycles. The van der Waals surface area contributed by atoms with Gasteiger partial charge in [-0.3, -0.25) is 10.1 Å². The first-order valence-electron chi connectivity index (χ1n) is 8.87. The predicted octanol–water partition coefficient (Wildman–Crippen LogP) is 5.90. The molecular weight excluding hydrogens is 442 g/mol. The zero-order valence-corrected chi connectivity index (χ0v) is 18.2. The van der Waals surface area contributed by atoms with E-state index in [1.807, 2.05) is 0 Å². The molecule has 1 heterocycles. The molecule has 1 aromatic carbocycles. The molecule has 1 aliphatic rings. The van der Waals surface area contributed by atoms with Crippen molar-refractivity contribution in [1.82, 2.24) is 0 Å². The zero-order chi connectivity index (χ0) is 20.6. The standard InChI is InChI=1S/C20H20BrN3O3S/c1-20(2,3)12-4-5-13-14(9-22)19(28-17(13)8-12)23-10-11-6-15(21)18(25)16(7-11)24(26)27/h6-7,10,12,25H,4-5,8H2,1-3H3/t12-/m1/s1. The van der Waals surface area contributed by atoms with Crippen molar-refractivity contribution < 1.29 is 10.0 Å². The monoisotopic (exact) mass is 461 g/mol. The summed E-state index contributed by atoms with van der Waals surface area (Å²) < 4.78 is 0.224. The van der Waals surface area contributed by atoms with Crippen LogP contribution in [0.3, 0.4) is 0 Å². The number of fused-ring (bicyclic) bond motifs is 1. The number of benzene rings is 1. The number of hydrogen-bond donors (Lipinski definition) is 1. The van der Waals surface area contributed by atoms with Crippen molar-refractivity contribution in [1.29, 1.82) is 5.26 Å². The molecule has 0 fully saturated rings. The van der Waals surface area contributed by atoms with E-state index in [2.05, 4.69) is 47.8 Å². The van der Waals surface area contributed by atoms with E-state index in [-0.39, 0.29) is 9.89 Å². The third-order valence-corrected chi connectivity index (χ3v) is 6.94. The summed E-state index contributed by atoms with van der Waals surface area (Å²) >= 11 is 4.65. The highest BCUT2D eigenvalue weighted by molar-refractivity contribution is 9.10. The summed E-state index contributed by atoms with van der Waals surface area (Å²) in [5.41, 5.74) is 2.00. The van der Waals surface area contributed by atoms with Crippen LogP contribution in [-0.4, -0.2) is 16.2 Å². The Kier molecular flexibility index (Phi) is 5.60. The quantitative estimate of drug-likeness (QED) is 0.349. The second-order valence-electron chi connectivity index (χ2n) is 7.99. The Balaban J connectivity index is 1.95. The number of nitro groups is 1. The Morgan fingerprint density at radius 3 is 2.79 bits per heavy atom. The van der Waals surface area contributed by atoms with Crippen molar-refractivity contribution in [3.05, 3.63) is 48.3 Å². The Morgan fingerprint density at radius 2 is 2.18 bits per heavy atom. The number of thiophene rings is 1. The highest BCUT2D eigenvalue weighted by Crippen LogP contribution is 2.45. The summed E-state index contributed by atoms with van der Waals surface area (Å²) in [5.74, 6) is 0.150. The van der Waals surface area contributed by atoms with E-state index in [0.29, 0.717) is 22.0 Å². The number of aromatic hydroxyl groups is 1. The van der Waals surface area contributed by atoms with Crippen LogP contribution in [0.2, 0.25) is 0 Å². The average molecular weight is 462 g/mol. The second-order valence-corrected chi connectivity index (χ2v) is 9.93. The van der Waals surface area contributed by atoms with E-state index in [1.165, 1.54) is 28.5 Å². The lowest BCUT2D eigenvalue weighted by Gasteiger charge is -2.33. The normalized spacial score (nSPS) is 16.8. The highest BCUT2D eigenvalue weighted by Gasteiger charge is 2.32. The van der Waals surface area contributed by atoms with Crippen molar-refractivity contribution in [3.8, 4) is 11.8 Å². The largest absolute Gasteiger partial charge is 0.501 e. The van der Waals surface area contributed by atoms with Crippen molar-refractivity contribution in [3.63, 3.8) is 0 Å². The molecule has 0 saturated carbocycles. The molecule has 0 radical (unpaired) electrons. The summed E-state index contributed by atoms with van der Waals surface area (Å²) in [6.07, 6.45) is 4.38. The Morgan fingerprint density at radius 1 is 1.46 bits per heavy atom. The van der Waals surface area contributed by atoms with Crippen LogP contribution in [0.1, 0.15) is 48.8 Å². The molecule has 146 valence electrons. The van der Waals surface area contributed by atoms with Gasteiger partial charge in [-0.2, -0.15) is 5.26 Å². The van der Waals surface area contributed by atoms with Crippen LogP contribution in [0.4, 0.5) is 10.7 Å². The van der Waals surface area contributed by atoms with Gasteiger partial charge in [0.15, 0.2) is 0 Å². The van der Waals surface area contributed by atoms with Crippen LogP contribution in [0.5, 0.6) is 5.75 Å². The van der Waals surface area contributed by atoms with Crippen LogP contribution >= 0.6 is 27.3 Å². The third-order valence-electron chi connectivity index (χ3n) is 5.18. The van der Waals surface area contributed by atoms with Gasteiger partial charge in [0.25, 0.3) is 0 Å². The summed E-state index contributed by atoms with van der Waals surface area (Å²) in [5, 5.41) is 31.1. The van der Waals surface area contributed by atoms with E-state index >= 15 is 0 Å². The van der Waals surface area contributed by atoms with Crippen LogP contribution < -0.4 is 0 Å². The number of rotatable bonds is 3. The molecule has 6 nitrogen and oxygen atoms in total. The van der Waals surface area contributed by atoms with Gasteiger partial charge in [-0.1, -0.05) is 20.8 Å². The smallest absolute Gasteiger partial charge is 0.312 e. The maximum atomic E-state index is 11.1. The molecule has 28 heavy (non-hydrogen) atoms. The number of aliphatic imine (C=N–C) groups is 1. The van der Waals surface area contributed by atoms with Gasteiger partial charge in [-0.05, 0) is 58.2 Å². The van der Waals surface area contributed by atoms with Crippen molar-refractivity contribution in [2.75, 3.05) is 0 Å². The fraction of sp³-hybridized carbons (Fsp3) is 0.400. The molecule has 1 N–H and O–H groups in total. The van der Waals surface area contributed by atoms with Crippen LogP contribution in [-0.2, 0) is 12.8 Å². The summed E-state index contributed by atoms with van der Waals surface area (Å²) in [6, 6.07) is 5.10. The fourth-order valence-corrected chi connectivity index (χ4v) is 5.16. The van der Waals surface area contributed by atoms with Gasteiger partial charge in [0.1, 0.15) is 11.1 Å². The van der Waals surface area contributed by atoms with Gasteiger partial charge >= 0.3 is 5.69 Å². The average Bonchev–Trinajstić information content (AvgIpc) is 2.98. The number of phenols is 1. The molecule has 0 amide bonds. The van der Waals surface area contributed by atoms with Gasteiger partial charge in [-0.25, -0.2) is 4.99 Å². The van der Waals surface area contributed by atoms with Gasteiger partial charge in [0, 0.05) is 22.7 Å². The summed E-state index contributed by atoms with van der Waals surface area (Å²) in [6.45, 7) is 6.74. The molecular formula is C20H20BrN3O3S. The first-order valence-corrected chi connectivity index (χ1v) is 10.5. The maximum Gasteiger partial charge on any atom is 0.312 e. The van der Waals surface area contributed by atoms with Crippen molar-refractivity contribution in [2.45, 2.75) is 40.0 Å². The minimum Gasteiger partial charge on any atom is -0.501 e. The van der Waals surface area contributed by atoms with Gasteiger partial charge in [-0.15, -0.1) is 11.3 Å². The number of hydrogen-bond acceptors (Lipinski definition) is 6. The Hall–Kier alpha value is -2.24. The predicted molar refractivity (Wildman–Crippen MR) is 114 cm³/mol. The van der Waals surface area contributed by atoms with Crippen molar-refractivity contribution >= 4 is 44.2 Å². The molecule has 3 rings (SSSR count). The summed E-state index contributed by atoms with van der Waals surface area (Å²) in [7, 11) is 0. The van der Waals surface area contributed by atoms with Crippen LogP contribution in [0, 0.1) is 32.8 Å². The molecule has 2 aromatic rings. The zero-order valence-electron chi connectivity index (χ0n) is 15.8. The lowest BCUT2D eigenvalue weighted by Crippen LogP contribution is -2.26. The molecule has 0 saturated heterocycles. The molecule has 0 unspecified atom stereocenters. The maximum absolute atomic E-state index is 11.1. The van der Waals surface area contributed by atoms with E-state index < -0.39 is 16.4 Å². The van der Waals surface area contributed by atoms with Gasteiger partial charge in [0.05, 0.1) is 15.0 Å². The Labute approximate surface area is 175 Å². The van der Waals surface area contributed by atoms with Crippen molar-refractivity contribution in [2.24, 2.45) is 16.3 Å². The lowest BCUT2D eigenvalue weighted by atomic mass is 9.72. The minimum atomic E-state index is -0.644. The van der Waals surface area contributed by atoms with E-state index in [1.54, 1.807) is 6.07 Å². The van der Waals surface area contributed by atoms with E-state index in [9.17, 15) is 20.5 Å². The first-order chi connectivity index (χ1) is 13.1. The number of nitriles is 1. The van der Waals surface area contributed by atoms with Gasteiger partial charge in [0.2, 0.25) is 5.75 Å². The topological polar surface area (TPSA) is 99.5 Å². The summed E-state index contributed by atoms with van der Waals surface area (Å²) in [4.78, 5) is 16.1. The fourth-order valence-electron chi connectivity index (χ4n) is 3.47. The lowest BCUT2D eigenvalue weighted by molar-refractivity contribution is -0.386. The number of phenolic OH excluding ortho intramolecular Hbond substituents is 1. The van der Waals surface area contributed by atoms with E-state index in [4.69, 9.17) is 0 Å². The first kappa shape index (κ1) is 20.5. The minimum absolute atomic E-state index is 0.217. The second kappa shape index (κ2) is 7.64. The number of nitrogens with zero attached hydrogens (tertiary/aromatic N) is 3.